The van der Waals surface area contributed by atoms with Gasteiger partial charge in [-0.15, -0.1) is 0 Å². The van der Waals surface area contributed by atoms with Crippen LogP contribution in [0.5, 0.6) is 0 Å². The fraction of sp³-hybridized carbons (Fsp3) is 0.500. The lowest BCUT2D eigenvalue weighted by molar-refractivity contribution is 0.00441. The van der Waals surface area contributed by atoms with Gasteiger partial charge in [0.15, 0.2) is 11.6 Å². The summed E-state index contributed by atoms with van der Waals surface area (Å²) in [4.78, 5) is 15.7. The minimum atomic E-state index is -3.46. The summed E-state index contributed by atoms with van der Waals surface area (Å²) in [5.74, 6) is 2.57. The van der Waals surface area contributed by atoms with Crippen molar-refractivity contribution >= 4 is 38.4 Å². The van der Waals surface area contributed by atoms with E-state index in [0.29, 0.717) is 35.9 Å². The number of fused-ring (bicyclic) bond motifs is 1. The van der Waals surface area contributed by atoms with Crippen LogP contribution in [-0.2, 0) is 10.0 Å². The van der Waals surface area contributed by atoms with E-state index in [4.69, 9.17) is 5.10 Å². The molecule has 0 radical (unpaired) electrons. The molecule has 5 heterocycles. The monoisotopic (exact) mass is 551 g/mol. The van der Waals surface area contributed by atoms with E-state index in [1.54, 1.807) is 12.3 Å². The summed E-state index contributed by atoms with van der Waals surface area (Å²) in [6.45, 7) is 9.47. The fourth-order valence-electron chi connectivity index (χ4n) is 4.70. The molecule has 1 aliphatic carbocycles. The molecule has 0 spiro atoms. The zero-order valence-corrected chi connectivity index (χ0v) is 23.3. The second-order valence-electron chi connectivity index (χ2n) is 11.1. The average Bonchev–Trinajstić information content (AvgIpc) is 3.50. The lowest BCUT2D eigenvalue weighted by atomic mass is 9.84. The van der Waals surface area contributed by atoms with E-state index in [9.17, 15) is 13.5 Å². The van der Waals surface area contributed by atoms with Gasteiger partial charge in [0, 0.05) is 43.5 Å². The number of hydrogen-bond acceptors (Lipinski definition) is 10. The van der Waals surface area contributed by atoms with Crippen molar-refractivity contribution in [3.63, 3.8) is 0 Å². The highest BCUT2D eigenvalue weighted by Crippen LogP contribution is 2.37. The minimum absolute atomic E-state index is 0.192. The summed E-state index contributed by atoms with van der Waals surface area (Å²) in [7, 11) is -3.46. The quantitative estimate of drug-likeness (QED) is 0.318. The van der Waals surface area contributed by atoms with Gasteiger partial charge in [-0.3, -0.25) is 4.68 Å². The predicted octanol–water partition coefficient (Wildman–Crippen LogP) is 3.35. The predicted molar refractivity (Wildman–Crippen MR) is 148 cm³/mol. The van der Waals surface area contributed by atoms with Crippen molar-refractivity contribution < 1.29 is 13.5 Å². The SMILES string of the molecule is CCC(C)n1nc(N2CC(C(C)(C)O)C2)c2cnc(Nc3ccnc(-c4cnn(S(=O)(=O)C5CC5)c4)n3)cc21. The smallest absolute Gasteiger partial charge is 0.256 e. The normalized spacial score (nSPS) is 17.4. The molecule has 2 aliphatic rings. The van der Waals surface area contributed by atoms with Crippen molar-refractivity contribution in [3.05, 3.63) is 36.9 Å². The highest BCUT2D eigenvalue weighted by Gasteiger charge is 2.39. The Bertz CT molecular complexity index is 1630. The highest BCUT2D eigenvalue weighted by atomic mass is 32.2. The lowest BCUT2D eigenvalue weighted by Gasteiger charge is -2.45. The number of rotatable bonds is 9. The summed E-state index contributed by atoms with van der Waals surface area (Å²) in [6, 6.07) is 3.89. The maximum atomic E-state index is 12.5. The zero-order valence-electron chi connectivity index (χ0n) is 22.5. The van der Waals surface area contributed by atoms with Gasteiger partial charge in [-0.25, -0.2) is 23.4 Å². The van der Waals surface area contributed by atoms with Crippen molar-refractivity contribution in [1.82, 2.24) is 33.9 Å². The molecule has 4 aromatic rings. The van der Waals surface area contributed by atoms with Crippen LogP contribution in [0, 0.1) is 5.92 Å². The number of anilines is 3. The molecule has 0 aromatic carbocycles. The molecule has 13 heteroatoms. The molecule has 0 bridgehead atoms. The van der Waals surface area contributed by atoms with Crippen LogP contribution < -0.4 is 10.2 Å². The van der Waals surface area contributed by atoms with Crippen LogP contribution in [0.4, 0.5) is 17.5 Å². The molecule has 4 aromatic heterocycles. The van der Waals surface area contributed by atoms with Crippen LogP contribution >= 0.6 is 0 Å². The molecule has 206 valence electrons. The molecular formula is C26H33N9O3S. The average molecular weight is 552 g/mol. The Labute approximate surface area is 227 Å². The first-order valence-corrected chi connectivity index (χ1v) is 14.8. The Morgan fingerprint density at radius 1 is 1.18 bits per heavy atom. The molecule has 0 amide bonds. The maximum absolute atomic E-state index is 12.5. The van der Waals surface area contributed by atoms with Gasteiger partial charge in [0.2, 0.25) is 0 Å². The van der Waals surface area contributed by atoms with Gasteiger partial charge < -0.3 is 15.3 Å². The summed E-state index contributed by atoms with van der Waals surface area (Å²) in [5.41, 5.74) is 0.760. The van der Waals surface area contributed by atoms with Crippen LogP contribution in [0.25, 0.3) is 22.3 Å². The van der Waals surface area contributed by atoms with Crippen molar-refractivity contribution in [2.45, 2.75) is 63.9 Å². The van der Waals surface area contributed by atoms with Crippen LogP contribution in [0.15, 0.2) is 36.9 Å². The molecule has 2 N–H and O–H groups in total. The molecule has 1 atom stereocenters. The van der Waals surface area contributed by atoms with E-state index in [-0.39, 0.29) is 17.2 Å². The summed E-state index contributed by atoms with van der Waals surface area (Å²) >= 11 is 0. The standard InChI is InChI=1S/C26H33N9O3S/c1-5-16(2)35-21-10-23(28-12-20(21)25(32-35)33-14-18(15-33)26(3,4)36)30-22-8-9-27-24(31-22)17-11-29-34(13-17)39(37,38)19-6-7-19/h8-13,16,18-19,36H,5-7,14-15H2,1-4H3,(H,27,28,30,31). The largest absolute Gasteiger partial charge is 0.390 e. The molecule has 1 saturated carbocycles. The van der Waals surface area contributed by atoms with Crippen molar-refractivity contribution in [2.24, 2.45) is 5.92 Å². The van der Waals surface area contributed by atoms with Crippen LogP contribution in [0.3, 0.4) is 0 Å². The van der Waals surface area contributed by atoms with Crippen molar-refractivity contribution in [3.8, 4) is 11.4 Å². The molecular weight excluding hydrogens is 518 g/mol. The number of nitrogens with one attached hydrogen (secondary N) is 1. The molecule has 2 fully saturated rings. The van der Waals surface area contributed by atoms with E-state index in [1.165, 1.54) is 12.4 Å². The number of aliphatic hydroxyl groups is 1. The van der Waals surface area contributed by atoms with Gasteiger partial charge >= 0.3 is 0 Å². The van der Waals surface area contributed by atoms with Gasteiger partial charge in [0.1, 0.15) is 11.6 Å². The summed E-state index contributed by atoms with van der Waals surface area (Å²) in [6.07, 6.45) is 8.62. The first-order valence-electron chi connectivity index (χ1n) is 13.3. The number of hydrogen-bond donors (Lipinski definition) is 2. The van der Waals surface area contributed by atoms with Gasteiger partial charge in [0.05, 0.1) is 39.7 Å². The second kappa shape index (κ2) is 9.26. The van der Waals surface area contributed by atoms with Crippen LogP contribution in [0.1, 0.15) is 53.0 Å². The number of nitrogens with zero attached hydrogens (tertiary/aromatic N) is 8. The molecule has 1 saturated heterocycles. The molecule has 6 rings (SSSR count). The Kier molecular flexibility index (Phi) is 6.10. The van der Waals surface area contributed by atoms with E-state index >= 15 is 0 Å². The van der Waals surface area contributed by atoms with E-state index in [2.05, 4.69) is 44.1 Å². The van der Waals surface area contributed by atoms with Gasteiger partial charge in [0.25, 0.3) is 10.0 Å². The lowest BCUT2D eigenvalue weighted by Crippen LogP contribution is -2.56. The van der Waals surface area contributed by atoms with Gasteiger partial charge in [-0.1, -0.05) is 6.92 Å². The number of aromatic nitrogens is 7. The van der Waals surface area contributed by atoms with Gasteiger partial charge in [-0.05, 0) is 46.1 Å². The second-order valence-corrected chi connectivity index (χ2v) is 13.2. The van der Waals surface area contributed by atoms with E-state index < -0.39 is 15.6 Å². The third-order valence-corrected chi connectivity index (χ3v) is 9.73. The van der Waals surface area contributed by atoms with Gasteiger partial charge in [-0.2, -0.15) is 14.3 Å². The molecule has 1 aliphatic heterocycles. The zero-order chi connectivity index (χ0) is 27.5. The Morgan fingerprint density at radius 2 is 1.95 bits per heavy atom. The minimum Gasteiger partial charge on any atom is -0.390 e. The van der Waals surface area contributed by atoms with Crippen molar-refractivity contribution in [2.75, 3.05) is 23.3 Å². The van der Waals surface area contributed by atoms with E-state index in [1.807, 2.05) is 30.8 Å². The third-order valence-electron chi connectivity index (χ3n) is 7.70. The highest BCUT2D eigenvalue weighted by molar-refractivity contribution is 7.90. The Hall–Kier alpha value is -3.58. The number of pyridine rings is 1. The Morgan fingerprint density at radius 3 is 2.64 bits per heavy atom. The molecule has 39 heavy (non-hydrogen) atoms. The molecule has 12 nitrogen and oxygen atoms in total. The topological polar surface area (TPSA) is 144 Å². The first kappa shape index (κ1) is 25.7. The first-order chi connectivity index (χ1) is 18.5. The third kappa shape index (κ3) is 4.73. The summed E-state index contributed by atoms with van der Waals surface area (Å²) in [5, 5.41) is 23.2. The maximum Gasteiger partial charge on any atom is 0.256 e. The van der Waals surface area contributed by atoms with Crippen LogP contribution in [0.2, 0.25) is 0 Å². The molecule has 1 unspecified atom stereocenters. The Balaban J connectivity index is 1.27. The van der Waals surface area contributed by atoms with E-state index in [0.717, 1.165) is 40.3 Å². The van der Waals surface area contributed by atoms with Crippen LogP contribution in [-0.4, -0.2) is 71.4 Å². The van der Waals surface area contributed by atoms with Crippen molar-refractivity contribution in [1.29, 1.82) is 0 Å². The fourth-order valence-corrected chi connectivity index (χ4v) is 6.18. The summed E-state index contributed by atoms with van der Waals surface area (Å²) < 4.78 is 28.1.